The maximum absolute atomic E-state index is 13.2. The van der Waals surface area contributed by atoms with Gasteiger partial charge in [0.2, 0.25) is 10.0 Å². The van der Waals surface area contributed by atoms with E-state index >= 15 is 0 Å². The number of benzene rings is 2. The highest BCUT2D eigenvalue weighted by Crippen LogP contribution is 2.23. The smallest absolute Gasteiger partial charge is 0.289 e. The molecule has 2 aromatic rings. The Labute approximate surface area is 125 Å². The highest BCUT2D eigenvalue weighted by atomic mass is 32.2. The van der Waals surface area contributed by atoms with Crippen LogP contribution in [0.1, 0.15) is 5.56 Å². The van der Waals surface area contributed by atoms with E-state index in [0.717, 1.165) is 24.3 Å². The van der Waals surface area contributed by atoms with Gasteiger partial charge < -0.3 is 5.73 Å². The minimum absolute atomic E-state index is 0.153. The summed E-state index contributed by atoms with van der Waals surface area (Å²) < 4.78 is 39.7. The third kappa shape index (κ3) is 3.57. The SMILES string of the molecule is Nc1cc(F)cc(CNS(=O)(=O)c2ccccc2[N+](=O)[O-])c1. The number of nitrogen functional groups attached to an aromatic ring is 1. The number of nitrogens with zero attached hydrogens (tertiary/aromatic N) is 1. The molecule has 0 bridgehead atoms. The van der Waals surface area contributed by atoms with Crippen molar-refractivity contribution in [3.05, 3.63) is 64.0 Å². The zero-order chi connectivity index (χ0) is 16.3. The number of anilines is 1. The third-order valence-electron chi connectivity index (χ3n) is 2.80. The lowest BCUT2D eigenvalue weighted by Crippen LogP contribution is -2.24. The predicted octanol–water partition coefficient (Wildman–Crippen LogP) is 1.79. The van der Waals surface area contributed by atoms with Crippen molar-refractivity contribution in [2.45, 2.75) is 11.4 Å². The summed E-state index contributed by atoms with van der Waals surface area (Å²) >= 11 is 0. The number of nitrogens with two attached hydrogens (primary N) is 1. The molecule has 0 aromatic heterocycles. The summed E-state index contributed by atoms with van der Waals surface area (Å²) in [6, 6.07) is 8.59. The Morgan fingerprint density at radius 3 is 2.55 bits per heavy atom. The van der Waals surface area contributed by atoms with E-state index in [9.17, 15) is 22.9 Å². The molecule has 0 aliphatic carbocycles. The topological polar surface area (TPSA) is 115 Å². The van der Waals surface area contributed by atoms with Crippen LogP contribution in [0, 0.1) is 15.9 Å². The van der Waals surface area contributed by atoms with Gasteiger partial charge in [-0.2, -0.15) is 0 Å². The predicted molar refractivity (Wildman–Crippen MR) is 77.9 cm³/mol. The molecule has 3 N–H and O–H groups in total. The Hall–Kier alpha value is -2.52. The molecular weight excluding hydrogens is 313 g/mol. The molecule has 0 aliphatic heterocycles. The number of nitro groups is 1. The normalized spacial score (nSPS) is 11.3. The summed E-state index contributed by atoms with van der Waals surface area (Å²) in [5, 5.41) is 10.9. The molecule has 0 saturated heterocycles. The lowest BCUT2D eigenvalue weighted by molar-refractivity contribution is -0.387. The molecule has 0 unspecified atom stereocenters. The summed E-state index contributed by atoms with van der Waals surface area (Å²) in [6.45, 7) is -0.240. The zero-order valence-corrected chi connectivity index (χ0v) is 12.0. The van der Waals surface area contributed by atoms with E-state index < -0.39 is 31.3 Å². The first-order valence-corrected chi connectivity index (χ1v) is 7.56. The lowest BCUT2D eigenvalue weighted by atomic mass is 10.2. The van der Waals surface area contributed by atoms with Gasteiger partial charge in [0, 0.05) is 18.3 Å². The molecule has 116 valence electrons. The van der Waals surface area contributed by atoms with Gasteiger partial charge in [0.15, 0.2) is 4.90 Å². The second-order valence-electron chi connectivity index (χ2n) is 4.44. The molecule has 22 heavy (non-hydrogen) atoms. The monoisotopic (exact) mass is 325 g/mol. The minimum atomic E-state index is -4.11. The van der Waals surface area contributed by atoms with Gasteiger partial charge in [0.1, 0.15) is 5.82 Å². The minimum Gasteiger partial charge on any atom is -0.399 e. The maximum Gasteiger partial charge on any atom is 0.289 e. The van der Waals surface area contributed by atoms with Gasteiger partial charge in [0.25, 0.3) is 5.69 Å². The Kier molecular flexibility index (Phi) is 4.38. The summed E-state index contributed by atoms with van der Waals surface area (Å²) in [4.78, 5) is 9.64. The quantitative estimate of drug-likeness (QED) is 0.494. The van der Waals surface area contributed by atoms with Crippen LogP contribution in [0.25, 0.3) is 0 Å². The first kappa shape index (κ1) is 15.9. The Morgan fingerprint density at radius 1 is 1.23 bits per heavy atom. The molecule has 0 spiro atoms. The average molecular weight is 325 g/mol. The van der Waals surface area contributed by atoms with Crippen molar-refractivity contribution in [1.82, 2.24) is 4.72 Å². The fourth-order valence-corrected chi connectivity index (χ4v) is 3.06. The van der Waals surface area contributed by atoms with Gasteiger partial charge in [-0.1, -0.05) is 12.1 Å². The van der Waals surface area contributed by atoms with Crippen LogP contribution in [0.2, 0.25) is 0 Å². The molecular formula is C13H12FN3O4S. The Bertz CT molecular complexity index is 804. The second-order valence-corrected chi connectivity index (χ2v) is 6.18. The highest BCUT2D eigenvalue weighted by Gasteiger charge is 2.24. The standard InChI is InChI=1S/C13H12FN3O4S/c14-10-5-9(6-11(15)7-10)8-16-22(20,21)13-4-2-1-3-12(13)17(18)19/h1-7,16H,8,15H2. The van der Waals surface area contributed by atoms with E-state index in [1.165, 1.54) is 18.2 Å². The van der Waals surface area contributed by atoms with E-state index in [1.807, 2.05) is 0 Å². The van der Waals surface area contributed by atoms with Crippen LogP contribution in [0.4, 0.5) is 15.8 Å². The van der Waals surface area contributed by atoms with Crippen LogP contribution in [-0.4, -0.2) is 13.3 Å². The molecule has 9 heteroatoms. The number of nitro benzene ring substituents is 1. The number of para-hydroxylation sites is 1. The summed E-state index contributed by atoms with van der Waals surface area (Å²) in [5.74, 6) is -0.597. The van der Waals surface area contributed by atoms with E-state index in [2.05, 4.69) is 4.72 Å². The first-order valence-electron chi connectivity index (χ1n) is 6.07. The number of halogens is 1. The van der Waals surface area contributed by atoms with Gasteiger partial charge in [-0.15, -0.1) is 0 Å². The van der Waals surface area contributed by atoms with Crippen LogP contribution in [0.15, 0.2) is 47.4 Å². The van der Waals surface area contributed by atoms with Crippen LogP contribution in [-0.2, 0) is 16.6 Å². The van der Waals surface area contributed by atoms with Gasteiger partial charge in [-0.3, -0.25) is 10.1 Å². The molecule has 0 atom stereocenters. The van der Waals surface area contributed by atoms with Crippen molar-refractivity contribution in [2.75, 3.05) is 5.73 Å². The summed E-state index contributed by atoms with van der Waals surface area (Å²) in [7, 11) is -4.11. The van der Waals surface area contributed by atoms with Crippen molar-refractivity contribution in [1.29, 1.82) is 0 Å². The maximum atomic E-state index is 13.2. The number of nitrogens with one attached hydrogen (secondary N) is 1. The number of hydrogen-bond acceptors (Lipinski definition) is 5. The van der Waals surface area contributed by atoms with Crippen molar-refractivity contribution in [2.24, 2.45) is 0 Å². The fourth-order valence-electron chi connectivity index (χ4n) is 1.87. The molecule has 0 aliphatic rings. The number of rotatable bonds is 5. The van der Waals surface area contributed by atoms with Crippen molar-refractivity contribution in [3.8, 4) is 0 Å². The van der Waals surface area contributed by atoms with Gasteiger partial charge in [-0.05, 0) is 29.8 Å². The van der Waals surface area contributed by atoms with Gasteiger partial charge in [-0.25, -0.2) is 17.5 Å². The van der Waals surface area contributed by atoms with Crippen LogP contribution < -0.4 is 10.5 Å². The van der Waals surface area contributed by atoms with Crippen LogP contribution in [0.5, 0.6) is 0 Å². The van der Waals surface area contributed by atoms with Crippen molar-refractivity contribution in [3.63, 3.8) is 0 Å². The largest absolute Gasteiger partial charge is 0.399 e. The molecule has 2 rings (SSSR count). The van der Waals surface area contributed by atoms with Crippen molar-refractivity contribution < 1.29 is 17.7 Å². The second kappa shape index (κ2) is 6.08. The summed E-state index contributed by atoms with van der Waals surface area (Å²) in [5.41, 5.74) is 5.39. The van der Waals surface area contributed by atoms with E-state index in [-0.39, 0.29) is 12.2 Å². The number of sulfonamides is 1. The van der Waals surface area contributed by atoms with Crippen LogP contribution in [0.3, 0.4) is 0 Å². The highest BCUT2D eigenvalue weighted by molar-refractivity contribution is 7.89. The number of hydrogen-bond donors (Lipinski definition) is 2. The molecule has 7 nitrogen and oxygen atoms in total. The van der Waals surface area contributed by atoms with E-state index in [1.54, 1.807) is 0 Å². The molecule has 0 heterocycles. The Balaban J connectivity index is 2.27. The van der Waals surface area contributed by atoms with Gasteiger partial charge in [0.05, 0.1) is 4.92 Å². The fraction of sp³-hybridized carbons (Fsp3) is 0.0769. The third-order valence-corrected chi connectivity index (χ3v) is 4.25. The van der Waals surface area contributed by atoms with Gasteiger partial charge >= 0.3 is 0 Å². The van der Waals surface area contributed by atoms with Crippen LogP contribution >= 0.6 is 0 Å². The molecule has 0 saturated carbocycles. The lowest BCUT2D eigenvalue weighted by Gasteiger charge is -2.08. The zero-order valence-electron chi connectivity index (χ0n) is 11.2. The first-order chi connectivity index (χ1) is 10.3. The Morgan fingerprint density at radius 2 is 1.91 bits per heavy atom. The van der Waals surface area contributed by atoms with E-state index in [0.29, 0.717) is 5.56 Å². The molecule has 2 aromatic carbocycles. The molecule has 0 radical (unpaired) electrons. The van der Waals surface area contributed by atoms with Crippen molar-refractivity contribution >= 4 is 21.4 Å². The summed E-state index contributed by atoms with van der Waals surface area (Å²) in [6.07, 6.45) is 0. The average Bonchev–Trinajstić information content (AvgIpc) is 2.44. The van der Waals surface area contributed by atoms with E-state index in [4.69, 9.17) is 5.73 Å². The molecule has 0 amide bonds. The molecule has 0 fully saturated rings.